The molecule has 2 N–H and O–H groups in total. The number of rotatable bonds is 6. The van der Waals surface area contributed by atoms with Crippen molar-refractivity contribution in [1.82, 2.24) is 5.43 Å². The molecule has 0 aliphatic heterocycles. The first-order valence-corrected chi connectivity index (χ1v) is 8.92. The van der Waals surface area contributed by atoms with E-state index < -0.39 is 0 Å². The van der Waals surface area contributed by atoms with Crippen molar-refractivity contribution in [3.8, 4) is 11.5 Å². The highest BCUT2D eigenvalue weighted by molar-refractivity contribution is 5.43. The van der Waals surface area contributed by atoms with E-state index in [0.29, 0.717) is 6.54 Å². The number of para-hydroxylation sites is 2. The van der Waals surface area contributed by atoms with E-state index in [4.69, 9.17) is 4.74 Å². The Morgan fingerprint density at radius 3 is 2.31 bits per heavy atom. The van der Waals surface area contributed by atoms with Gasteiger partial charge in [-0.2, -0.15) is 0 Å². The van der Waals surface area contributed by atoms with Gasteiger partial charge in [0.05, 0.1) is 0 Å². The number of benzene rings is 3. The molecule has 3 nitrogen and oxygen atoms in total. The molecular formula is C23H26N2O. The monoisotopic (exact) mass is 346 g/mol. The van der Waals surface area contributed by atoms with Crippen molar-refractivity contribution < 1.29 is 4.74 Å². The van der Waals surface area contributed by atoms with Crippen LogP contribution in [0.4, 0.5) is 5.69 Å². The van der Waals surface area contributed by atoms with Crippen LogP contribution in [0.1, 0.15) is 31.9 Å². The van der Waals surface area contributed by atoms with Gasteiger partial charge >= 0.3 is 0 Å². The normalized spacial score (nSPS) is 11.2. The summed E-state index contributed by atoms with van der Waals surface area (Å²) in [6.07, 6.45) is 0. The predicted molar refractivity (Wildman–Crippen MR) is 109 cm³/mol. The van der Waals surface area contributed by atoms with Crippen LogP contribution in [0.15, 0.2) is 78.9 Å². The van der Waals surface area contributed by atoms with Gasteiger partial charge in [0.25, 0.3) is 0 Å². The second-order valence-electron chi connectivity index (χ2n) is 7.33. The smallest absolute Gasteiger partial charge is 0.131 e. The number of ether oxygens (including phenoxy) is 1. The fraction of sp³-hybridized carbons (Fsp3) is 0.217. The molecule has 0 atom stereocenters. The molecule has 0 spiro atoms. The molecule has 0 saturated heterocycles. The maximum absolute atomic E-state index is 6.18. The third-order valence-electron chi connectivity index (χ3n) is 4.19. The quantitative estimate of drug-likeness (QED) is 0.546. The van der Waals surface area contributed by atoms with Gasteiger partial charge in [-0.15, -0.1) is 0 Å². The highest BCUT2D eigenvalue weighted by Crippen LogP contribution is 2.30. The van der Waals surface area contributed by atoms with Crippen LogP contribution in [0, 0.1) is 0 Å². The van der Waals surface area contributed by atoms with Crippen molar-refractivity contribution in [3.05, 3.63) is 90.0 Å². The van der Waals surface area contributed by atoms with Crippen molar-refractivity contribution in [3.63, 3.8) is 0 Å². The summed E-state index contributed by atoms with van der Waals surface area (Å²) in [4.78, 5) is 0. The highest BCUT2D eigenvalue weighted by Gasteiger charge is 2.14. The second kappa shape index (κ2) is 8.07. The lowest BCUT2D eigenvalue weighted by Crippen LogP contribution is -2.21. The number of hydrazine groups is 1. The van der Waals surface area contributed by atoms with Gasteiger partial charge in [0.15, 0.2) is 0 Å². The second-order valence-corrected chi connectivity index (χ2v) is 7.33. The van der Waals surface area contributed by atoms with Crippen LogP contribution >= 0.6 is 0 Å². The molecule has 0 aromatic heterocycles. The van der Waals surface area contributed by atoms with E-state index in [1.54, 1.807) is 0 Å². The van der Waals surface area contributed by atoms with Gasteiger partial charge < -0.3 is 10.2 Å². The number of hydrogen-bond donors (Lipinski definition) is 2. The number of hydrogen-bond acceptors (Lipinski definition) is 3. The van der Waals surface area contributed by atoms with Crippen molar-refractivity contribution in [2.24, 2.45) is 0 Å². The van der Waals surface area contributed by atoms with Gasteiger partial charge in [0.2, 0.25) is 0 Å². The molecule has 0 heterocycles. The highest BCUT2D eigenvalue weighted by atomic mass is 16.5. The minimum absolute atomic E-state index is 0.0973. The third kappa shape index (κ3) is 4.87. The molecule has 0 aliphatic carbocycles. The Hall–Kier alpha value is -2.78. The fourth-order valence-corrected chi connectivity index (χ4v) is 2.67. The minimum Gasteiger partial charge on any atom is -0.457 e. The summed E-state index contributed by atoms with van der Waals surface area (Å²) >= 11 is 0. The van der Waals surface area contributed by atoms with E-state index in [0.717, 1.165) is 22.7 Å². The molecule has 0 amide bonds. The predicted octanol–water partition coefficient (Wildman–Crippen LogP) is 5.89. The molecule has 0 unspecified atom stereocenters. The van der Waals surface area contributed by atoms with Crippen molar-refractivity contribution in [2.45, 2.75) is 32.7 Å². The first-order chi connectivity index (χ1) is 12.5. The Balaban J connectivity index is 1.69. The Morgan fingerprint density at radius 2 is 1.54 bits per heavy atom. The molecule has 0 radical (unpaired) electrons. The molecule has 26 heavy (non-hydrogen) atoms. The molecule has 134 valence electrons. The van der Waals surface area contributed by atoms with Gasteiger partial charge in [-0.3, -0.25) is 0 Å². The zero-order chi connectivity index (χ0) is 18.4. The average molecular weight is 346 g/mol. The molecule has 3 aromatic carbocycles. The third-order valence-corrected chi connectivity index (χ3v) is 4.19. The van der Waals surface area contributed by atoms with Gasteiger partial charge in [0.1, 0.15) is 11.5 Å². The molecule has 0 bridgehead atoms. The Bertz CT molecular complexity index is 838. The Kier molecular flexibility index (Phi) is 5.59. The fourth-order valence-electron chi connectivity index (χ4n) is 2.67. The molecule has 0 aliphatic rings. The first kappa shape index (κ1) is 18.0. The molecule has 0 fully saturated rings. The van der Waals surface area contributed by atoms with E-state index in [2.05, 4.69) is 49.8 Å². The molecular weight excluding hydrogens is 320 g/mol. The number of anilines is 1. The minimum atomic E-state index is 0.0973. The summed E-state index contributed by atoms with van der Waals surface area (Å²) in [5.41, 5.74) is 9.94. The molecule has 3 rings (SSSR count). The maximum atomic E-state index is 6.18. The van der Waals surface area contributed by atoms with Crippen LogP contribution < -0.4 is 15.6 Å². The van der Waals surface area contributed by atoms with Crippen LogP contribution in [0.3, 0.4) is 0 Å². The summed E-state index contributed by atoms with van der Waals surface area (Å²) in [5.74, 6) is 1.72. The van der Waals surface area contributed by atoms with Gasteiger partial charge in [-0.05, 0) is 41.3 Å². The van der Waals surface area contributed by atoms with Gasteiger partial charge in [0, 0.05) is 17.8 Å². The lowest BCUT2D eigenvalue weighted by atomic mass is 9.87. The van der Waals surface area contributed by atoms with E-state index in [-0.39, 0.29) is 5.41 Å². The lowest BCUT2D eigenvalue weighted by molar-refractivity contribution is 0.470. The van der Waals surface area contributed by atoms with E-state index in [1.165, 1.54) is 5.56 Å². The topological polar surface area (TPSA) is 33.3 Å². The van der Waals surface area contributed by atoms with Gasteiger partial charge in [-0.25, -0.2) is 5.43 Å². The van der Waals surface area contributed by atoms with Crippen LogP contribution in [0.5, 0.6) is 11.5 Å². The van der Waals surface area contributed by atoms with Crippen molar-refractivity contribution >= 4 is 5.69 Å². The summed E-state index contributed by atoms with van der Waals surface area (Å²) < 4.78 is 6.18. The summed E-state index contributed by atoms with van der Waals surface area (Å²) in [6.45, 7) is 7.28. The molecule has 3 heteroatoms. The zero-order valence-corrected chi connectivity index (χ0v) is 15.6. The van der Waals surface area contributed by atoms with E-state index in [9.17, 15) is 0 Å². The van der Waals surface area contributed by atoms with Crippen LogP contribution in [-0.2, 0) is 12.0 Å². The standard InChI is InChI=1S/C23H26N2O/c1-23(2,3)19-11-9-14-21(16-19)26-22-15-8-7-10-18(22)17-24-25-20-12-5-4-6-13-20/h4-16,24-25H,17H2,1-3H3. The maximum Gasteiger partial charge on any atom is 0.131 e. The van der Waals surface area contributed by atoms with Crippen LogP contribution in [-0.4, -0.2) is 0 Å². The summed E-state index contributed by atoms with van der Waals surface area (Å²) in [6, 6.07) is 26.5. The molecule has 3 aromatic rings. The van der Waals surface area contributed by atoms with Gasteiger partial charge in [-0.1, -0.05) is 69.3 Å². The average Bonchev–Trinajstić information content (AvgIpc) is 2.64. The largest absolute Gasteiger partial charge is 0.457 e. The van der Waals surface area contributed by atoms with E-state index in [1.807, 2.05) is 60.7 Å². The lowest BCUT2D eigenvalue weighted by Gasteiger charge is -2.20. The number of nitrogens with one attached hydrogen (secondary N) is 2. The Labute approximate surface area is 156 Å². The zero-order valence-electron chi connectivity index (χ0n) is 15.6. The van der Waals surface area contributed by atoms with Crippen LogP contribution in [0.25, 0.3) is 0 Å². The van der Waals surface area contributed by atoms with E-state index >= 15 is 0 Å². The SMILES string of the molecule is CC(C)(C)c1cccc(Oc2ccccc2CNNc2ccccc2)c1. The van der Waals surface area contributed by atoms with Crippen LogP contribution in [0.2, 0.25) is 0 Å². The van der Waals surface area contributed by atoms with Crippen molar-refractivity contribution in [1.29, 1.82) is 0 Å². The summed E-state index contributed by atoms with van der Waals surface area (Å²) in [7, 11) is 0. The summed E-state index contributed by atoms with van der Waals surface area (Å²) in [5, 5.41) is 0. The first-order valence-electron chi connectivity index (χ1n) is 8.92. The van der Waals surface area contributed by atoms with Crippen molar-refractivity contribution in [2.75, 3.05) is 5.43 Å². The Morgan fingerprint density at radius 1 is 0.808 bits per heavy atom. The molecule has 0 saturated carbocycles.